The van der Waals surface area contributed by atoms with Crippen LogP contribution in [0.2, 0.25) is 0 Å². The highest BCUT2D eigenvalue weighted by Crippen LogP contribution is 2.35. The summed E-state index contributed by atoms with van der Waals surface area (Å²) in [6.45, 7) is 0. The Hall–Kier alpha value is -2.57. The standard InChI is InChI=1S/C12H11FN2O4/c1-15-9(5-8(14-15)12(17)18)6-3-10(16)7(13)4-11(6)19-2/h3-5,16H,1-2H3,(H,17,18). The number of aryl methyl sites for hydroxylation is 1. The molecular weight excluding hydrogens is 255 g/mol. The SMILES string of the molecule is COc1cc(F)c(O)cc1-c1cc(C(=O)O)nn1C. The van der Waals surface area contributed by atoms with Gasteiger partial charge in [0.25, 0.3) is 0 Å². The average Bonchev–Trinajstić information content (AvgIpc) is 2.74. The highest BCUT2D eigenvalue weighted by molar-refractivity contribution is 5.87. The molecule has 6 nitrogen and oxygen atoms in total. The van der Waals surface area contributed by atoms with Crippen LogP contribution in [-0.2, 0) is 7.05 Å². The molecule has 0 unspecified atom stereocenters. The summed E-state index contributed by atoms with van der Waals surface area (Å²) in [5.74, 6) is -2.36. The van der Waals surface area contributed by atoms with Gasteiger partial charge >= 0.3 is 5.97 Å². The number of phenolic OH excluding ortho intramolecular Hbond substituents is 1. The maximum Gasteiger partial charge on any atom is 0.356 e. The van der Waals surface area contributed by atoms with Crippen molar-refractivity contribution in [2.45, 2.75) is 0 Å². The third-order valence-corrected chi connectivity index (χ3v) is 2.64. The fraction of sp³-hybridized carbons (Fsp3) is 0.167. The number of halogens is 1. The van der Waals surface area contributed by atoms with Gasteiger partial charge in [0.05, 0.1) is 12.8 Å². The van der Waals surface area contributed by atoms with E-state index in [9.17, 15) is 14.3 Å². The first-order valence-corrected chi connectivity index (χ1v) is 5.28. The molecule has 0 saturated heterocycles. The number of benzene rings is 1. The molecule has 0 radical (unpaired) electrons. The Kier molecular flexibility index (Phi) is 3.12. The van der Waals surface area contributed by atoms with Crippen LogP contribution >= 0.6 is 0 Å². The fourth-order valence-corrected chi connectivity index (χ4v) is 1.74. The summed E-state index contributed by atoms with van der Waals surface area (Å²) in [7, 11) is 2.89. The van der Waals surface area contributed by atoms with Gasteiger partial charge in [-0.05, 0) is 12.1 Å². The zero-order chi connectivity index (χ0) is 14.2. The van der Waals surface area contributed by atoms with E-state index in [2.05, 4.69) is 5.10 Å². The number of carbonyl (C=O) groups is 1. The highest BCUT2D eigenvalue weighted by Gasteiger charge is 2.18. The molecule has 0 aliphatic carbocycles. The summed E-state index contributed by atoms with van der Waals surface area (Å²) < 4.78 is 19.6. The third-order valence-electron chi connectivity index (χ3n) is 2.64. The van der Waals surface area contributed by atoms with Crippen molar-refractivity contribution < 1.29 is 24.1 Å². The molecule has 0 amide bonds. The van der Waals surface area contributed by atoms with E-state index in [1.54, 1.807) is 7.05 Å². The summed E-state index contributed by atoms with van der Waals surface area (Å²) in [6, 6.07) is 3.51. The van der Waals surface area contributed by atoms with Crippen LogP contribution in [0.1, 0.15) is 10.5 Å². The molecule has 1 aromatic heterocycles. The maximum absolute atomic E-state index is 13.2. The predicted octanol–water partition coefficient (Wildman–Crippen LogP) is 1.64. The molecule has 0 aliphatic heterocycles. The number of aromatic nitrogens is 2. The van der Waals surface area contributed by atoms with Gasteiger partial charge in [0.15, 0.2) is 17.3 Å². The quantitative estimate of drug-likeness (QED) is 0.882. The van der Waals surface area contributed by atoms with E-state index in [0.29, 0.717) is 11.3 Å². The molecule has 2 rings (SSSR count). The van der Waals surface area contributed by atoms with Crippen molar-refractivity contribution >= 4 is 5.97 Å². The first-order chi connectivity index (χ1) is 8.93. The molecule has 1 aromatic carbocycles. The average molecular weight is 266 g/mol. The maximum atomic E-state index is 13.2. The summed E-state index contributed by atoms with van der Waals surface area (Å²) in [5.41, 5.74) is 0.594. The zero-order valence-corrected chi connectivity index (χ0v) is 10.2. The number of hydrogen-bond acceptors (Lipinski definition) is 4. The van der Waals surface area contributed by atoms with Gasteiger partial charge in [-0.3, -0.25) is 4.68 Å². The fourth-order valence-electron chi connectivity index (χ4n) is 1.74. The van der Waals surface area contributed by atoms with Gasteiger partial charge in [0.2, 0.25) is 0 Å². The second-order valence-corrected chi connectivity index (χ2v) is 3.85. The summed E-state index contributed by atoms with van der Waals surface area (Å²) in [5, 5.41) is 22.1. The van der Waals surface area contributed by atoms with E-state index >= 15 is 0 Å². The lowest BCUT2D eigenvalue weighted by Crippen LogP contribution is -1.99. The van der Waals surface area contributed by atoms with Crippen LogP contribution in [0.5, 0.6) is 11.5 Å². The molecule has 19 heavy (non-hydrogen) atoms. The molecule has 0 bridgehead atoms. The van der Waals surface area contributed by atoms with Gasteiger partial charge in [-0.1, -0.05) is 0 Å². The first kappa shape index (κ1) is 12.9. The van der Waals surface area contributed by atoms with Gasteiger partial charge in [0.1, 0.15) is 5.75 Å². The van der Waals surface area contributed by atoms with Crippen LogP contribution in [-0.4, -0.2) is 33.1 Å². The minimum atomic E-state index is -1.17. The number of hydrogen-bond donors (Lipinski definition) is 2. The first-order valence-electron chi connectivity index (χ1n) is 5.28. The number of rotatable bonds is 3. The molecule has 7 heteroatoms. The Morgan fingerprint density at radius 3 is 2.63 bits per heavy atom. The predicted molar refractivity (Wildman–Crippen MR) is 63.8 cm³/mol. The lowest BCUT2D eigenvalue weighted by atomic mass is 10.1. The number of carboxylic acids is 1. The number of carboxylic acid groups (broad SMARTS) is 1. The summed E-state index contributed by atoms with van der Waals surface area (Å²) in [6.07, 6.45) is 0. The smallest absolute Gasteiger partial charge is 0.356 e. The Morgan fingerprint density at radius 2 is 2.11 bits per heavy atom. The topological polar surface area (TPSA) is 84.6 Å². The lowest BCUT2D eigenvalue weighted by Gasteiger charge is -2.09. The number of nitrogens with zero attached hydrogens (tertiary/aromatic N) is 2. The summed E-state index contributed by atoms with van der Waals surface area (Å²) in [4.78, 5) is 10.9. The highest BCUT2D eigenvalue weighted by atomic mass is 19.1. The Bertz CT molecular complexity index is 651. The van der Waals surface area contributed by atoms with Crippen LogP contribution in [0.15, 0.2) is 18.2 Å². The van der Waals surface area contributed by atoms with Gasteiger partial charge in [-0.2, -0.15) is 5.10 Å². The Labute approximate surface area is 107 Å². The molecule has 0 saturated carbocycles. The van der Waals surface area contributed by atoms with Gasteiger partial charge in [-0.25, -0.2) is 9.18 Å². The zero-order valence-electron chi connectivity index (χ0n) is 10.2. The minimum absolute atomic E-state index is 0.150. The van der Waals surface area contributed by atoms with E-state index in [4.69, 9.17) is 9.84 Å². The normalized spacial score (nSPS) is 10.5. The second-order valence-electron chi connectivity index (χ2n) is 3.85. The van der Waals surface area contributed by atoms with Crippen molar-refractivity contribution in [1.82, 2.24) is 9.78 Å². The van der Waals surface area contributed by atoms with Crippen LogP contribution in [0.4, 0.5) is 4.39 Å². The molecule has 0 aliphatic rings. The van der Waals surface area contributed by atoms with Gasteiger partial charge in [-0.15, -0.1) is 0 Å². The molecule has 100 valence electrons. The van der Waals surface area contributed by atoms with Crippen LogP contribution < -0.4 is 4.74 Å². The molecule has 0 spiro atoms. The van der Waals surface area contributed by atoms with Crippen LogP contribution in [0.25, 0.3) is 11.3 Å². The largest absolute Gasteiger partial charge is 0.505 e. The third kappa shape index (κ3) is 2.22. The molecule has 0 atom stereocenters. The number of ether oxygens (including phenoxy) is 1. The summed E-state index contributed by atoms with van der Waals surface area (Å²) >= 11 is 0. The van der Waals surface area contributed by atoms with Crippen LogP contribution in [0.3, 0.4) is 0 Å². The van der Waals surface area contributed by atoms with Crippen molar-refractivity contribution in [2.75, 3.05) is 7.11 Å². The number of phenols is 1. The number of aromatic hydroxyl groups is 1. The van der Waals surface area contributed by atoms with Crippen molar-refractivity contribution in [3.8, 4) is 22.8 Å². The second kappa shape index (κ2) is 4.60. The minimum Gasteiger partial charge on any atom is -0.505 e. The lowest BCUT2D eigenvalue weighted by molar-refractivity contribution is 0.0689. The van der Waals surface area contributed by atoms with E-state index in [-0.39, 0.29) is 11.4 Å². The van der Waals surface area contributed by atoms with Crippen molar-refractivity contribution in [3.05, 3.63) is 29.7 Å². The molecular formula is C12H11FN2O4. The Morgan fingerprint density at radius 1 is 1.42 bits per heavy atom. The van der Waals surface area contributed by atoms with E-state index in [1.165, 1.54) is 17.9 Å². The van der Waals surface area contributed by atoms with E-state index < -0.39 is 17.5 Å². The molecule has 0 fully saturated rings. The van der Waals surface area contributed by atoms with Crippen molar-refractivity contribution in [1.29, 1.82) is 0 Å². The number of aromatic carboxylic acids is 1. The van der Waals surface area contributed by atoms with Crippen LogP contribution in [0, 0.1) is 5.82 Å². The van der Waals surface area contributed by atoms with Crippen molar-refractivity contribution in [2.24, 2.45) is 7.05 Å². The molecule has 1 heterocycles. The van der Waals surface area contributed by atoms with E-state index in [1.807, 2.05) is 0 Å². The Balaban J connectivity index is 2.64. The molecule has 2 aromatic rings. The van der Waals surface area contributed by atoms with Gasteiger partial charge in [0, 0.05) is 18.7 Å². The van der Waals surface area contributed by atoms with Gasteiger partial charge < -0.3 is 14.9 Å². The van der Waals surface area contributed by atoms with E-state index in [0.717, 1.165) is 12.1 Å². The molecule has 2 N–H and O–H groups in total. The number of methoxy groups -OCH3 is 1. The van der Waals surface area contributed by atoms with Crippen molar-refractivity contribution in [3.63, 3.8) is 0 Å². The monoisotopic (exact) mass is 266 g/mol.